The first-order valence-electron chi connectivity index (χ1n) is 7.20. The second kappa shape index (κ2) is 8.02. The lowest BCUT2D eigenvalue weighted by molar-refractivity contribution is 0.112. The van der Waals surface area contributed by atoms with Crippen molar-refractivity contribution in [3.63, 3.8) is 0 Å². The van der Waals surface area contributed by atoms with Gasteiger partial charge in [0.1, 0.15) is 25.2 Å². The normalized spacial score (nSPS) is 10.3. The topological polar surface area (TPSA) is 44.8 Å². The van der Waals surface area contributed by atoms with Crippen LogP contribution >= 0.6 is 15.9 Å². The standard InChI is InChI=1S/C18H19BrO4/c1-12-4-5-13(2)16(8-12)22-6-7-23-18-15(19)9-14(11-20)10-17(18)21-3/h4-5,8-11H,6-7H2,1-3H3. The summed E-state index contributed by atoms with van der Waals surface area (Å²) in [5.41, 5.74) is 2.76. The summed E-state index contributed by atoms with van der Waals surface area (Å²) < 4.78 is 17.4. The minimum absolute atomic E-state index is 0.364. The van der Waals surface area contributed by atoms with Crippen LogP contribution in [0.1, 0.15) is 21.5 Å². The van der Waals surface area contributed by atoms with Gasteiger partial charge in [0.2, 0.25) is 0 Å². The zero-order chi connectivity index (χ0) is 16.8. The third kappa shape index (κ3) is 4.48. The van der Waals surface area contributed by atoms with Crippen LogP contribution < -0.4 is 14.2 Å². The summed E-state index contributed by atoms with van der Waals surface area (Å²) in [4.78, 5) is 10.9. The molecule has 0 aliphatic heterocycles. The summed E-state index contributed by atoms with van der Waals surface area (Å²) in [7, 11) is 1.54. The number of methoxy groups -OCH3 is 1. The van der Waals surface area contributed by atoms with Gasteiger partial charge in [-0.05, 0) is 59.1 Å². The van der Waals surface area contributed by atoms with E-state index in [1.807, 2.05) is 26.0 Å². The number of rotatable bonds is 7. The first-order valence-corrected chi connectivity index (χ1v) is 8.00. The molecule has 2 rings (SSSR count). The van der Waals surface area contributed by atoms with Crippen molar-refractivity contribution >= 4 is 22.2 Å². The molecule has 5 heteroatoms. The molecule has 0 saturated carbocycles. The van der Waals surface area contributed by atoms with E-state index in [1.54, 1.807) is 12.1 Å². The Labute approximate surface area is 144 Å². The van der Waals surface area contributed by atoms with Crippen LogP contribution in [-0.4, -0.2) is 26.6 Å². The molecular formula is C18H19BrO4. The molecule has 2 aromatic rings. The predicted octanol–water partition coefficient (Wildman–Crippen LogP) is 4.34. The Hall–Kier alpha value is -2.01. The number of ether oxygens (including phenoxy) is 3. The van der Waals surface area contributed by atoms with Crippen molar-refractivity contribution < 1.29 is 19.0 Å². The second-order valence-corrected chi connectivity index (χ2v) is 5.97. The van der Waals surface area contributed by atoms with Crippen LogP contribution in [0, 0.1) is 13.8 Å². The van der Waals surface area contributed by atoms with E-state index in [0.29, 0.717) is 34.7 Å². The zero-order valence-electron chi connectivity index (χ0n) is 13.4. The fourth-order valence-corrected chi connectivity index (χ4v) is 2.68. The van der Waals surface area contributed by atoms with Gasteiger partial charge in [0.15, 0.2) is 11.5 Å². The maximum Gasteiger partial charge on any atom is 0.175 e. The molecule has 0 aliphatic carbocycles. The molecule has 122 valence electrons. The first kappa shape index (κ1) is 17.3. The van der Waals surface area contributed by atoms with Gasteiger partial charge in [-0.15, -0.1) is 0 Å². The summed E-state index contributed by atoms with van der Waals surface area (Å²) in [6.45, 7) is 4.81. The van der Waals surface area contributed by atoms with Crippen LogP contribution in [0.5, 0.6) is 17.2 Å². The molecule has 0 fully saturated rings. The highest BCUT2D eigenvalue weighted by Gasteiger charge is 2.11. The third-order valence-electron chi connectivity index (χ3n) is 3.32. The lowest BCUT2D eigenvalue weighted by atomic mass is 10.1. The van der Waals surface area contributed by atoms with Crippen LogP contribution in [0.2, 0.25) is 0 Å². The predicted molar refractivity (Wildman–Crippen MR) is 93.0 cm³/mol. The second-order valence-electron chi connectivity index (χ2n) is 5.12. The molecule has 0 aliphatic rings. The van der Waals surface area contributed by atoms with Gasteiger partial charge in [-0.3, -0.25) is 4.79 Å². The van der Waals surface area contributed by atoms with Crippen LogP contribution in [-0.2, 0) is 0 Å². The molecule has 2 aromatic carbocycles. The van der Waals surface area contributed by atoms with Crippen molar-refractivity contribution in [1.82, 2.24) is 0 Å². The van der Waals surface area contributed by atoms with E-state index in [1.165, 1.54) is 7.11 Å². The molecule has 0 bridgehead atoms. The number of aryl methyl sites for hydroxylation is 2. The molecule has 0 aromatic heterocycles. The first-order chi connectivity index (χ1) is 11.0. The summed E-state index contributed by atoms with van der Waals surface area (Å²) in [6, 6.07) is 9.42. The van der Waals surface area contributed by atoms with E-state index in [9.17, 15) is 4.79 Å². The Morgan fingerprint density at radius 2 is 1.78 bits per heavy atom. The van der Waals surface area contributed by atoms with Crippen molar-refractivity contribution in [2.75, 3.05) is 20.3 Å². The molecule has 0 spiro atoms. The van der Waals surface area contributed by atoms with Gasteiger partial charge >= 0.3 is 0 Å². The highest BCUT2D eigenvalue weighted by Crippen LogP contribution is 2.36. The smallest absolute Gasteiger partial charge is 0.175 e. The highest BCUT2D eigenvalue weighted by molar-refractivity contribution is 9.10. The Balaban J connectivity index is 1.99. The monoisotopic (exact) mass is 378 g/mol. The Bertz CT molecular complexity index is 698. The quantitative estimate of drug-likeness (QED) is 0.530. The van der Waals surface area contributed by atoms with E-state index in [-0.39, 0.29) is 0 Å². The number of benzene rings is 2. The summed E-state index contributed by atoms with van der Waals surface area (Å²) in [5, 5.41) is 0. The number of aldehydes is 1. The van der Waals surface area contributed by atoms with Gasteiger partial charge in [0, 0.05) is 5.56 Å². The SMILES string of the molecule is COc1cc(C=O)cc(Br)c1OCCOc1cc(C)ccc1C. The summed E-state index contributed by atoms with van der Waals surface area (Å²) in [6.07, 6.45) is 0.765. The number of carbonyl (C=O) groups excluding carboxylic acids is 1. The van der Waals surface area contributed by atoms with E-state index in [4.69, 9.17) is 14.2 Å². The highest BCUT2D eigenvalue weighted by atomic mass is 79.9. The van der Waals surface area contributed by atoms with Crippen LogP contribution in [0.25, 0.3) is 0 Å². The maximum atomic E-state index is 10.9. The number of carbonyl (C=O) groups is 1. The van der Waals surface area contributed by atoms with Gasteiger partial charge in [-0.1, -0.05) is 12.1 Å². The number of hydrogen-bond donors (Lipinski definition) is 0. The lowest BCUT2D eigenvalue weighted by Crippen LogP contribution is -2.10. The molecule has 4 nitrogen and oxygen atoms in total. The van der Waals surface area contributed by atoms with Gasteiger partial charge in [0.05, 0.1) is 11.6 Å². The van der Waals surface area contributed by atoms with Crippen molar-refractivity contribution in [2.45, 2.75) is 13.8 Å². The van der Waals surface area contributed by atoms with Crippen molar-refractivity contribution in [3.05, 3.63) is 51.5 Å². The van der Waals surface area contributed by atoms with E-state index in [0.717, 1.165) is 23.2 Å². The van der Waals surface area contributed by atoms with Gasteiger partial charge in [-0.25, -0.2) is 0 Å². The van der Waals surface area contributed by atoms with Gasteiger partial charge < -0.3 is 14.2 Å². The fraction of sp³-hybridized carbons (Fsp3) is 0.278. The van der Waals surface area contributed by atoms with Gasteiger partial charge in [-0.2, -0.15) is 0 Å². The van der Waals surface area contributed by atoms with E-state index < -0.39 is 0 Å². The molecular weight excluding hydrogens is 360 g/mol. The average molecular weight is 379 g/mol. The Morgan fingerprint density at radius 1 is 1.04 bits per heavy atom. The van der Waals surface area contributed by atoms with E-state index in [2.05, 4.69) is 22.0 Å². The van der Waals surface area contributed by atoms with E-state index >= 15 is 0 Å². The molecule has 0 atom stereocenters. The zero-order valence-corrected chi connectivity index (χ0v) is 15.0. The largest absolute Gasteiger partial charge is 0.493 e. The van der Waals surface area contributed by atoms with Crippen molar-refractivity contribution in [3.8, 4) is 17.2 Å². The molecule has 0 amide bonds. The van der Waals surface area contributed by atoms with Crippen LogP contribution in [0.15, 0.2) is 34.8 Å². The van der Waals surface area contributed by atoms with Crippen LogP contribution in [0.3, 0.4) is 0 Å². The Kier molecular flexibility index (Phi) is 6.04. The van der Waals surface area contributed by atoms with Crippen molar-refractivity contribution in [2.24, 2.45) is 0 Å². The molecule has 23 heavy (non-hydrogen) atoms. The lowest BCUT2D eigenvalue weighted by Gasteiger charge is -2.14. The summed E-state index contributed by atoms with van der Waals surface area (Å²) in [5.74, 6) is 1.92. The summed E-state index contributed by atoms with van der Waals surface area (Å²) >= 11 is 3.39. The number of halogens is 1. The molecule has 0 radical (unpaired) electrons. The average Bonchev–Trinajstić information content (AvgIpc) is 2.55. The molecule has 0 unspecified atom stereocenters. The molecule has 0 heterocycles. The van der Waals surface area contributed by atoms with Crippen LogP contribution in [0.4, 0.5) is 0 Å². The van der Waals surface area contributed by atoms with Gasteiger partial charge in [0.25, 0.3) is 0 Å². The fourth-order valence-electron chi connectivity index (χ4n) is 2.11. The number of hydrogen-bond acceptors (Lipinski definition) is 4. The Morgan fingerprint density at radius 3 is 2.48 bits per heavy atom. The maximum absolute atomic E-state index is 10.9. The minimum atomic E-state index is 0.364. The molecule has 0 N–H and O–H groups in total. The van der Waals surface area contributed by atoms with Crippen molar-refractivity contribution in [1.29, 1.82) is 0 Å². The minimum Gasteiger partial charge on any atom is -0.493 e. The molecule has 0 saturated heterocycles. The third-order valence-corrected chi connectivity index (χ3v) is 3.91.